The van der Waals surface area contributed by atoms with Gasteiger partial charge < -0.3 is 28.4 Å². The molecule has 14 heteroatoms. The number of ether oxygens (including phenoxy) is 4. The van der Waals surface area contributed by atoms with E-state index < -0.39 is 10.2 Å². The summed E-state index contributed by atoms with van der Waals surface area (Å²) in [5.74, 6) is 1.13. The molecule has 0 saturated carbocycles. The maximum absolute atomic E-state index is 13.7. The molecule has 316 valence electrons. The van der Waals surface area contributed by atoms with Crippen LogP contribution in [0.5, 0.6) is 11.5 Å². The second-order valence-electron chi connectivity index (χ2n) is 14.9. The lowest BCUT2D eigenvalue weighted by Gasteiger charge is -2.36. The fraction of sp³-hybridized carbons (Fsp3) is 0.348. The molecule has 1 aliphatic heterocycles. The van der Waals surface area contributed by atoms with Crippen LogP contribution in [0.25, 0.3) is 32.8 Å². The highest BCUT2D eigenvalue weighted by Crippen LogP contribution is 2.39. The molecule has 0 radical (unpaired) electrons. The van der Waals surface area contributed by atoms with E-state index in [4.69, 9.17) is 24.0 Å². The predicted molar refractivity (Wildman–Crippen MR) is 236 cm³/mol. The number of fused-ring (bicyclic) bond motifs is 2. The Labute approximate surface area is 352 Å². The monoisotopic (exact) mass is 834 g/mol. The number of rotatable bonds is 18. The third kappa shape index (κ3) is 8.78. The van der Waals surface area contributed by atoms with E-state index in [1.807, 2.05) is 84.9 Å². The van der Waals surface area contributed by atoms with Gasteiger partial charge in [-0.2, -0.15) is 22.1 Å². The van der Waals surface area contributed by atoms with Gasteiger partial charge in [0, 0.05) is 82.0 Å². The van der Waals surface area contributed by atoms with Crippen LogP contribution < -0.4 is 14.4 Å². The Morgan fingerprint density at radius 2 is 1.60 bits per heavy atom. The van der Waals surface area contributed by atoms with E-state index in [9.17, 15) is 13.2 Å². The Hall–Kier alpha value is -5.67. The predicted octanol–water partition coefficient (Wildman–Crippen LogP) is 7.13. The first-order chi connectivity index (χ1) is 29.0. The van der Waals surface area contributed by atoms with Crippen molar-refractivity contribution >= 4 is 43.5 Å². The first-order valence-corrected chi connectivity index (χ1v) is 21.7. The molecule has 3 heterocycles. The number of aromatic nitrogens is 3. The average Bonchev–Trinajstić information content (AvgIpc) is 3.73. The number of hydrogen-bond donors (Lipinski definition) is 0. The fourth-order valence-corrected chi connectivity index (χ4v) is 9.09. The standard InChI is InChI=1S/C46H54N6O7S/c1-7-29-56-32-41-43(40(47-50(41)6)31-59-35-23-21-34(22-24-35)51-25-27-52(28-26-51)60(54,55)48(3)4)39-18-12-17-37-38(45(46(53)57-8-2)49(5)44(37)39)19-13-30-58-42-20-11-15-33-14-9-10-16-36(33)42/h7,9-12,14-18,20-24H,1,8,13,19,25-32H2,2-6H3. The Morgan fingerprint density at radius 3 is 2.33 bits per heavy atom. The first kappa shape index (κ1) is 42.5. The molecule has 0 amide bonds. The van der Waals surface area contributed by atoms with Gasteiger partial charge in [-0.15, -0.1) is 6.58 Å². The minimum Gasteiger partial charge on any atom is -0.493 e. The zero-order chi connectivity index (χ0) is 42.4. The molecule has 1 fully saturated rings. The molecule has 4 aromatic carbocycles. The second-order valence-corrected chi connectivity index (χ2v) is 17.0. The molecule has 6 aromatic rings. The van der Waals surface area contributed by atoms with Crippen LogP contribution in [0.15, 0.2) is 97.6 Å². The summed E-state index contributed by atoms with van der Waals surface area (Å²) < 4.78 is 56.1. The topological polar surface area (TPSA) is 121 Å². The van der Waals surface area contributed by atoms with E-state index in [1.54, 1.807) is 20.2 Å². The van der Waals surface area contributed by atoms with Crippen molar-refractivity contribution in [2.45, 2.75) is 33.0 Å². The lowest BCUT2D eigenvalue weighted by molar-refractivity contribution is 0.0514. The largest absolute Gasteiger partial charge is 0.493 e. The van der Waals surface area contributed by atoms with E-state index >= 15 is 0 Å². The van der Waals surface area contributed by atoms with E-state index in [-0.39, 0.29) is 25.8 Å². The number of esters is 1. The van der Waals surface area contributed by atoms with Crippen LogP contribution in [-0.4, -0.2) is 97.4 Å². The zero-order valence-electron chi connectivity index (χ0n) is 35.1. The zero-order valence-corrected chi connectivity index (χ0v) is 35.9. The van der Waals surface area contributed by atoms with Crippen LogP contribution in [-0.2, 0) is 53.4 Å². The molecule has 0 unspecified atom stereocenters. The van der Waals surface area contributed by atoms with Gasteiger partial charge in [-0.1, -0.05) is 60.7 Å². The van der Waals surface area contributed by atoms with Gasteiger partial charge in [-0.05, 0) is 61.0 Å². The van der Waals surface area contributed by atoms with E-state index in [2.05, 4.69) is 41.8 Å². The Morgan fingerprint density at radius 1 is 0.883 bits per heavy atom. The van der Waals surface area contributed by atoms with Crippen LogP contribution in [0.2, 0.25) is 0 Å². The summed E-state index contributed by atoms with van der Waals surface area (Å²) in [5.41, 5.74) is 6.63. The van der Waals surface area contributed by atoms with Crippen molar-refractivity contribution in [1.82, 2.24) is 23.0 Å². The van der Waals surface area contributed by atoms with E-state index in [0.717, 1.165) is 55.5 Å². The van der Waals surface area contributed by atoms with Crippen molar-refractivity contribution in [3.05, 3.63) is 120 Å². The highest BCUT2D eigenvalue weighted by atomic mass is 32.2. The summed E-state index contributed by atoms with van der Waals surface area (Å²) in [6, 6.07) is 28.2. The molecule has 0 bridgehead atoms. The third-order valence-electron chi connectivity index (χ3n) is 11.0. The van der Waals surface area contributed by atoms with Crippen LogP contribution in [0.4, 0.5) is 5.69 Å². The summed E-state index contributed by atoms with van der Waals surface area (Å²) in [6.45, 7) is 9.20. The normalized spacial score (nSPS) is 13.7. The van der Waals surface area contributed by atoms with Gasteiger partial charge in [0.15, 0.2) is 0 Å². The summed E-state index contributed by atoms with van der Waals surface area (Å²) in [4.78, 5) is 15.9. The van der Waals surface area contributed by atoms with Crippen molar-refractivity contribution in [3.63, 3.8) is 0 Å². The number of para-hydroxylation sites is 1. The van der Waals surface area contributed by atoms with Crippen LogP contribution >= 0.6 is 0 Å². The summed E-state index contributed by atoms with van der Waals surface area (Å²) in [6.07, 6.45) is 2.99. The van der Waals surface area contributed by atoms with Gasteiger partial charge in [0.25, 0.3) is 10.2 Å². The van der Waals surface area contributed by atoms with Crippen molar-refractivity contribution in [3.8, 4) is 22.6 Å². The molecular formula is C46H54N6O7S. The lowest BCUT2D eigenvalue weighted by atomic mass is 9.98. The van der Waals surface area contributed by atoms with Crippen molar-refractivity contribution in [2.24, 2.45) is 14.1 Å². The smallest absolute Gasteiger partial charge is 0.355 e. The average molecular weight is 835 g/mol. The number of anilines is 1. The molecule has 0 N–H and O–H groups in total. The van der Waals surface area contributed by atoms with Crippen molar-refractivity contribution < 1.29 is 32.2 Å². The van der Waals surface area contributed by atoms with E-state index in [0.29, 0.717) is 69.4 Å². The van der Waals surface area contributed by atoms with Crippen molar-refractivity contribution in [2.75, 3.05) is 65.0 Å². The minimum atomic E-state index is -3.45. The van der Waals surface area contributed by atoms with Crippen molar-refractivity contribution in [1.29, 1.82) is 0 Å². The molecule has 1 saturated heterocycles. The highest BCUT2D eigenvalue weighted by molar-refractivity contribution is 7.86. The van der Waals surface area contributed by atoms with Gasteiger partial charge in [-0.3, -0.25) is 4.68 Å². The number of piperazine rings is 1. The summed E-state index contributed by atoms with van der Waals surface area (Å²) in [7, 11) is 3.47. The number of benzene rings is 4. The lowest BCUT2D eigenvalue weighted by Crippen LogP contribution is -2.51. The van der Waals surface area contributed by atoms with Gasteiger partial charge in [0.2, 0.25) is 0 Å². The Kier molecular flexibility index (Phi) is 13.2. The molecule has 2 aromatic heterocycles. The first-order valence-electron chi connectivity index (χ1n) is 20.3. The number of aryl methyl sites for hydroxylation is 3. The van der Waals surface area contributed by atoms with Crippen LogP contribution in [0, 0.1) is 0 Å². The Balaban J connectivity index is 1.16. The SMILES string of the molecule is C=CCOCc1c(-c2cccc3c(CCCOc4cccc5ccccc45)c(C(=O)OCC)n(C)c23)c(COc2ccc(N3CCN(S(=O)(=O)N(C)C)CC3)cc2)nn1C. The van der Waals surface area contributed by atoms with Crippen LogP contribution in [0.3, 0.4) is 0 Å². The fourth-order valence-electron chi connectivity index (χ4n) is 8.01. The molecule has 0 atom stereocenters. The maximum Gasteiger partial charge on any atom is 0.355 e. The number of nitrogens with zero attached hydrogens (tertiary/aromatic N) is 6. The quantitative estimate of drug-likeness (QED) is 0.0506. The minimum absolute atomic E-state index is 0.176. The summed E-state index contributed by atoms with van der Waals surface area (Å²) in [5, 5.41) is 8.09. The molecule has 0 aliphatic carbocycles. The van der Waals surface area contributed by atoms with Crippen LogP contribution in [0.1, 0.15) is 40.8 Å². The molecule has 1 aliphatic rings. The maximum atomic E-state index is 13.7. The second kappa shape index (κ2) is 18.7. The van der Waals surface area contributed by atoms with Gasteiger partial charge in [-0.25, -0.2) is 4.79 Å². The third-order valence-corrected chi connectivity index (χ3v) is 12.9. The molecule has 0 spiro atoms. The molecule has 60 heavy (non-hydrogen) atoms. The molecular weight excluding hydrogens is 781 g/mol. The summed E-state index contributed by atoms with van der Waals surface area (Å²) >= 11 is 0. The highest BCUT2D eigenvalue weighted by Gasteiger charge is 2.30. The van der Waals surface area contributed by atoms with Gasteiger partial charge in [0.1, 0.15) is 29.5 Å². The number of hydrogen-bond acceptors (Lipinski definition) is 9. The molecule has 7 rings (SSSR count). The molecule has 13 nitrogen and oxygen atoms in total. The number of carbonyl (C=O) groups excluding carboxylic acids is 1. The number of carbonyl (C=O) groups is 1. The Bertz CT molecular complexity index is 2570. The van der Waals surface area contributed by atoms with Gasteiger partial charge >= 0.3 is 5.97 Å². The van der Waals surface area contributed by atoms with E-state index in [1.165, 1.54) is 8.61 Å². The van der Waals surface area contributed by atoms with Gasteiger partial charge in [0.05, 0.1) is 37.6 Å².